The van der Waals surface area contributed by atoms with E-state index in [0.717, 1.165) is 25.2 Å². The third-order valence-electron chi connectivity index (χ3n) is 11.2. The lowest BCUT2D eigenvalue weighted by atomic mass is 9.72. The van der Waals surface area contributed by atoms with E-state index in [1.807, 2.05) is 6.07 Å². The average Bonchev–Trinajstić information content (AvgIpc) is 3.75. The van der Waals surface area contributed by atoms with E-state index in [0.29, 0.717) is 22.6 Å². The zero-order valence-corrected chi connectivity index (χ0v) is 22.7. The molecule has 0 amide bonds. The second-order valence-electron chi connectivity index (χ2n) is 13.5. The minimum Gasteiger partial charge on any atom is -0.508 e. The fourth-order valence-electron chi connectivity index (χ4n) is 9.26. The summed E-state index contributed by atoms with van der Waals surface area (Å²) in [4.78, 5) is 8.56. The number of H-pyrrole nitrogens is 1. The molecule has 0 bridgehead atoms. The minimum absolute atomic E-state index is 0.364. The van der Waals surface area contributed by atoms with E-state index in [1.165, 1.54) is 117 Å². The van der Waals surface area contributed by atoms with Gasteiger partial charge in [-0.25, -0.2) is 4.98 Å². The van der Waals surface area contributed by atoms with Crippen molar-refractivity contribution < 1.29 is 5.11 Å². The molecule has 38 heavy (non-hydrogen) atoms. The molecule has 1 atom stereocenters. The number of aromatic nitrogens is 2. The molecule has 2 aromatic carbocycles. The van der Waals surface area contributed by atoms with Crippen molar-refractivity contribution in [2.45, 2.75) is 102 Å². The largest absolute Gasteiger partial charge is 0.508 e. The molecule has 2 heterocycles. The summed E-state index contributed by atoms with van der Waals surface area (Å²) in [5.41, 5.74) is 12.0. The van der Waals surface area contributed by atoms with Crippen molar-refractivity contribution in [1.82, 2.24) is 15.3 Å². The van der Waals surface area contributed by atoms with Gasteiger partial charge < -0.3 is 15.4 Å². The molecular formula is C34H41N3O. The maximum atomic E-state index is 10.9. The number of fused-ring (bicyclic) bond motifs is 2. The van der Waals surface area contributed by atoms with E-state index < -0.39 is 0 Å². The molecule has 1 aromatic heterocycles. The summed E-state index contributed by atoms with van der Waals surface area (Å²) in [6.45, 7) is 1.09. The Labute approximate surface area is 226 Å². The van der Waals surface area contributed by atoms with Crippen LogP contribution in [0.5, 0.6) is 5.75 Å². The molecule has 1 saturated heterocycles. The first-order chi connectivity index (χ1) is 18.6. The molecule has 3 fully saturated rings. The summed E-state index contributed by atoms with van der Waals surface area (Å²) in [5.74, 6) is 1.62. The molecule has 8 rings (SSSR count). The summed E-state index contributed by atoms with van der Waals surface area (Å²) in [7, 11) is 0. The van der Waals surface area contributed by atoms with Crippen LogP contribution in [-0.2, 0) is 25.7 Å². The lowest BCUT2D eigenvalue weighted by Crippen LogP contribution is -2.24. The number of hydrogen-bond acceptors (Lipinski definition) is 3. The molecule has 1 aliphatic heterocycles. The summed E-state index contributed by atoms with van der Waals surface area (Å²) in [6, 6.07) is 9.39. The number of nitrogens with zero attached hydrogens (tertiary/aromatic N) is 1. The van der Waals surface area contributed by atoms with Gasteiger partial charge in [-0.2, -0.15) is 0 Å². The molecule has 5 aliphatic rings. The number of imidazole rings is 1. The number of aromatic amines is 1. The Morgan fingerprint density at radius 3 is 1.95 bits per heavy atom. The summed E-state index contributed by atoms with van der Waals surface area (Å²) >= 11 is 0. The third-order valence-corrected chi connectivity index (χ3v) is 11.2. The number of hydrogen-bond donors (Lipinski definition) is 3. The van der Waals surface area contributed by atoms with Gasteiger partial charge in [-0.05, 0) is 121 Å². The first kappa shape index (κ1) is 23.3. The maximum Gasteiger partial charge on any atom is 0.123 e. The Morgan fingerprint density at radius 2 is 1.26 bits per heavy atom. The highest BCUT2D eigenvalue weighted by Gasteiger charge is 2.44. The van der Waals surface area contributed by atoms with Gasteiger partial charge in [-0.1, -0.05) is 50.3 Å². The first-order valence-corrected chi connectivity index (χ1v) is 15.4. The molecule has 4 heteroatoms. The van der Waals surface area contributed by atoms with Crippen LogP contribution >= 0.6 is 0 Å². The van der Waals surface area contributed by atoms with Gasteiger partial charge in [0.25, 0.3) is 0 Å². The van der Waals surface area contributed by atoms with Crippen LogP contribution in [0.2, 0.25) is 0 Å². The van der Waals surface area contributed by atoms with Gasteiger partial charge in [-0.15, -0.1) is 0 Å². The van der Waals surface area contributed by atoms with Gasteiger partial charge in [0, 0.05) is 5.56 Å². The standard InChI is InChI=1S/C34H41N3O/c38-31-11-10-23(26-18-34(20-28(26)31)14-4-5-15-34)22-8-9-24(30-21-36-32(37-30)29-7-6-16-35-29)27-19-33(17-25(22)27)12-2-1-3-13-33/h8-11,21,29,35,38H,1-7,12-20H2,(H,36,37). The molecule has 198 valence electrons. The Morgan fingerprint density at radius 1 is 0.684 bits per heavy atom. The summed E-state index contributed by atoms with van der Waals surface area (Å²) in [5, 5.41) is 14.5. The molecular weight excluding hydrogens is 466 g/mol. The second kappa shape index (κ2) is 8.71. The zero-order valence-electron chi connectivity index (χ0n) is 22.7. The topological polar surface area (TPSA) is 60.9 Å². The Hall–Kier alpha value is -2.59. The zero-order chi connectivity index (χ0) is 25.3. The molecule has 4 nitrogen and oxygen atoms in total. The van der Waals surface area contributed by atoms with Crippen LogP contribution in [0, 0.1) is 10.8 Å². The van der Waals surface area contributed by atoms with Gasteiger partial charge in [-0.3, -0.25) is 0 Å². The number of phenols is 1. The van der Waals surface area contributed by atoms with Gasteiger partial charge in [0.15, 0.2) is 0 Å². The maximum absolute atomic E-state index is 10.9. The summed E-state index contributed by atoms with van der Waals surface area (Å²) < 4.78 is 0. The number of aromatic hydroxyl groups is 1. The highest BCUT2D eigenvalue weighted by atomic mass is 16.3. The highest BCUT2D eigenvalue weighted by molar-refractivity contribution is 5.81. The van der Waals surface area contributed by atoms with E-state index in [-0.39, 0.29) is 0 Å². The molecule has 1 unspecified atom stereocenters. The lowest BCUT2D eigenvalue weighted by molar-refractivity contribution is 0.203. The number of phenolic OH excluding ortho intramolecular Hbond substituents is 1. The van der Waals surface area contributed by atoms with Crippen LogP contribution in [0.3, 0.4) is 0 Å². The van der Waals surface area contributed by atoms with E-state index in [4.69, 9.17) is 4.98 Å². The van der Waals surface area contributed by atoms with E-state index in [1.54, 1.807) is 11.1 Å². The molecule has 3 N–H and O–H groups in total. The normalized spacial score (nSPS) is 24.9. The Kier molecular flexibility index (Phi) is 5.34. The molecule has 0 radical (unpaired) electrons. The predicted molar refractivity (Wildman–Crippen MR) is 152 cm³/mol. The van der Waals surface area contributed by atoms with Crippen molar-refractivity contribution in [2.75, 3.05) is 6.54 Å². The molecule has 4 aliphatic carbocycles. The van der Waals surface area contributed by atoms with E-state index >= 15 is 0 Å². The average molecular weight is 508 g/mol. The van der Waals surface area contributed by atoms with Gasteiger partial charge in [0.1, 0.15) is 11.6 Å². The lowest BCUT2D eigenvalue weighted by Gasteiger charge is -2.33. The molecule has 2 saturated carbocycles. The van der Waals surface area contributed by atoms with Crippen molar-refractivity contribution in [3.05, 3.63) is 58.5 Å². The third kappa shape index (κ3) is 3.62. The minimum atomic E-state index is 0.364. The number of rotatable bonds is 3. The quantitative estimate of drug-likeness (QED) is 0.342. The van der Waals surface area contributed by atoms with Gasteiger partial charge in [0.05, 0.1) is 17.9 Å². The van der Waals surface area contributed by atoms with Crippen molar-refractivity contribution in [2.24, 2.45) is 10.8 Å². The van der Waals surface area contributed by atoms with Crippen molar-refractivity contribution in [1.29, 1.82) is 0 Å². The smallest absolute Gasteiger partial charge is 0.123 e. The highest BCUT2D eigenvalue weighted by Crippen LogP contribution is 2.56. The second-order valence-corrected chi connectivity index (χ2v) is 13.5. The van der Waals surface area contributed by atoms with Crippen LogP contribution in [0.4, 0.5) is 0 Å². The van der Waals surface area contributed by atoms with Crippen molar-refractivity contribution in [3.63, 3.8) is 0 Å². The Balaban J connectivity index is 1.24. The Bertz CT molecular complexity index is 1380. The van der Waals surface area contributed by atoms with E-state index in [9.17, 15) is 5.11 Å². The monoisotopic (exact) mass is 507 g/mol. The predicted octanol–water partition coefficient (Wildman–Crippen LogP) is 7.58. The van der Waals surface area contributed by atoms with Crippen LogP contribution < -0.4 is 5.32 Å². The van der Waals surface area contributed by atoms with Gasteiger partial charge in [0.2, 0.25) is 0 Å². The summed E-state index contributed by atoms with van der Waals surface area (Å²) in [6.07, 6.45) is 21.3. The van der Waals surface area contributed by atoms with E-state index in [2.05, 4.69) is 34.7 Å². The molecule has 2 spiro atoms. The fourth-order valence-corrected chi connectivity index (χ4v) is 9.26. The molecule has 3 aromatic rings. The van der Waals surface area contributed by atoms with Crippen molar-refractivity contribution >= 4 is 0 Å². The van der Waals surface area contributed by atoms with Crippen LogP contribution in [0.1, 0.15) is 105 Å². The van der Waals surface area contributed by atoms with Crippen LogP contribution in [0.25, 0.3) is 22.4 Å². The SMILES string of the molecule is Oc1ccc(-c2ccc(-c3cnc(C4CCCN4)[nH]3)c3c2CC2(CCCCC2)C3)c2c1CC1(CCCC1)C2. The van der Waals surface area contributed by atoms with Crippen LogP contribution in [0.15, 0.2) is 30.5 Å². The van der Waals surface area contributed by atoms with Crippen molar-refractivity contribution in [3.8, 4) is 28.1 Å². The fraction of sp³-hybridized carbons (Fsp3) is 0.559. The van der Waals surface area contributed by atoms with Crippen LogP contribution in [-0.4, -0.2) is 21.6 Å². The number of benzene rings is 2. The van der Waals surface area contributed by atoms with Gasteiger partial charge >= 0.3 is 0 Å². The number of nitrogens with one attached hydrogen (secondary N) is 2. The first-order valence-electron chi connectivity index (χ1n) is 15.4.